The number of rotatable bonds is 8. The fraction of sp³-hybridized carbons (Fsp3) is 0.316. The lowest BCUT2D eigenvalue weighted by Crippen LogP contribution is -2.41. The van der Waals surface area contributed by atoms with Crippen LogP contribution in [0, 0.1) is 11.7 Å². The molecule has 0 aliphatic heterocycles. The third-order valence-electron chi connectivity index (χ3n) is 3.90. The van der Waals surface area contributed by atoms with Gasteiger partial charge in [0, 0.05) is 18.2 Å². The molecule has 0 saturated carbocycles. The Balaban J connectivity index is 2.21. The quantitative estimate of drug-likeness (QED) is 0.642. The number of nitrogens with one attached hydrogen (secondary N) is 2. The Morgan fingerprint density at radius 3 is 2.48 bits per heavy atom. The zero-order chi connectivity index (χ0) is 20.0. The van der Waals surface area contributed by atoms with Crippen LogP contribution in [0.1, 0.15) is 30.6 Å². The molecule has 0 saturated heterocycles. The molecule has 2 aromatic carbocycles. The van der Waals surface area contributed by atoms with Crippen molar-refractivity contribution >= 4 is 21.6 Å². The van der Waals surface area contributed by atoms with Gasteiger partial charge in [0.1, 0.15) is 5.82 Å². The Morgan fingerprint density at radius 2 is 1.85 bits per heavy atom. The molecule has 27 heavy (non-hydrogen) atoms. The molecule has 0 aliphatic rings. The van der Waals surface area contributed by atoms with Crippen molar-refractivity contribution in [2.24, 2.45) is 11.7 Å². The summed E-state index contributed by atoms with van der Waals surface area (Å²) < 4.78 is 41.0. The molecule has 0 aromatic heterocycles. The van der Waals surface area contributed by atoms with Gasteiger partial charge < -0.3 is 11.1 Å². The Labute approximate surface area is 159 Å². The molecular weight excluding hydrogens is 369 g/mol. The van der Waals surface area contributed by atoms with Crippen molar-refractivity contribution < 1.29 is 17.6 Å². The van der Waals surface area contributed by atoms with Gasteiger partial charge in [-0.15, -0.1) is 0 Å². The number of carbonyl (C=O) groups excluding carboxylic acids is 1. The van der Waals surface area contributed by atoms with Crippen LogP contribution < -0.4 is 15.8 Å². The highest BCUT2D eigenvalue weighted by molar-refractivity contribution is 7.92. The molecule has 0 heterocycles. The van der Waals surface area contributed by atoms with Crippen LogP contribution in [0.25, 0.3) is 0 Å². The first-order valence-electron chi connectivity index (χ1n) is 8.61. The van der Waals surface area contributed by atoms with E-state index in [0.29, 0.717) is 5.92 Å². The fourth-order valence-electron chi connectivity index (χ4n) is 2.60. The van der Waals surface area contributed by atoms with Crippen molar-refractivity contribution in [3.05, 3.63) is 59.9 Å². The van der Waals surface area contributed by atoms with Gasteiger partial charge in [0.2, 0.25) is 0 Å². The summed E-state index contributed by atoms with van der Waals surface area (Å²) in [5, 5.41) is 2.81. The second-order valence-electron chi connectivity index (χ2n) is 6.65. The van der Waals surface area contributed by atoms with E-state index in [1.54, 1.807) is 0 Å². The predicted molar refractivity (Wildman–Crippen MR) is 103 cm³/mol. The molecule has 0 spiro atoms. The molecule has 0 fully saturated rings. The number of hydrogen-bond acceptors (Lipinski definition) is 4. The molecule has 0 aliphatic carbocycles. The van der Waals surface area contributed by atoms with E-state index in [0.717, 1.165) is 12.5 Å². The van der Waals surface area contributed by atoms with Gasteiger partial charge in [-0.05, 0) is 42.7 Å². The first-order valence-corrected chi connectivity index (χ1v) is 10.1. The summed E-state index contributed by atoms with van der Waals surface area (Å²) in [7, 11) is -4.04. The van der Waals surface area contributed by atoms with Crippen LogP contribution in [0.2, 0.25) is 0 Å². The maximum atomic E-state index is 13.7. The van der Waals surface area contributed by atoms with Gasteiger partial charge in [0.25, 0.3) is 15.9 Å². The number of nitrogens with two attached hydrogens (primary N) is 1. The van der Waals surface area contributed by atoms with Crippen LogP contribution >= 0.6 is 0 Å². The summed E-state index contributed by atoms with van der Waals surface area (Å²) in [6, 6.07) is 10.8. The van der Waals surface area contributed by atoms with Crippen LogP contribution in [0.3, 0.4) is 0 Å². The predicted octanol–water partition coefficient (Wildman–Crippen LogP) is 2.73. The molecule has 4 N–H and O–H groups in total. The van der Waals surface area contributed by atoms with E-state index in [4.69, 9.17) is 5.73 Å². The lowest BCUT2D eigenvalue weighted by molar-refractivity contribution is 0.0933. The van der Waals surface area contributed by atoms with E-state index in [-0.39, 0.29) is 28.7 Å². The minimum Gasteiger partial charge on any atom is -0.348 e. The molecule has 6 nitrogen and oxygen atoms in total. The van der Waals surface area contributed by atoms with Crippen LogP contribution in [0.15, 0.2) is 53.4 Å². The van der Waals surface area contributed by atoms with Crippen molar-refractivity contribution in [1.29, 1.82) is 0 Å². The van der Waals surface area contributed by atoms with Gasteiger partial charge in [-0.3, -0.25) is 9.52 Å². The lowest BCUT2D eigenvalue weighted by atomic mass is 10.0. The highest BCUT2D eigenvalue weighted by atomic mass is 32.2. The maximum absolute atomic E-state index is 13.7. The summed E-state index contributed by atoms with van der Waals surface area (Å²) in [5.74, 6) is -0.737. The molecular formula is C19H24FN3O3S. The highest BCUT2D eigenvalue weighted by Crippen LogP contribution is 2.19. The number of sulfonamides is 1. The molecule has 1 unspecified atom stereocenters. The summed E-state index contributed by atoms with van der Waals surface area (Å²) >= 11 is 0. The normalized spacial score (nSPS) is 12.6. The number of benzene rings is 2. The average Bonchev–Trinajstić information content (AvgIpc) is 2.62. The number of carbonyl (C=O) groups is 1. The number of amides is 1. The van der Waals surface area contributed by atoms with E-state index in [1.807, 2.05) is 13.8 Å². The molecule has 8 heteroatoms. The number of hydrogen-bond donors (Lipinski definition) is 3. The minimum absolute atomic E-state index is 0.133. The van der Waals surface area contributed by atoms with E-state index in [9.17, 15) is 17.6 Å². The lowest BCUT2D eigenvalue weighted by Gasteiger charge is -2.19. The Morgan fingerprint density at radius 1 is 1.15 bits per heavy atom. The standard InChI is InChI=1S/C19H24FN3O3S/c1-13(2)10-15(12-21)22-19(24)14-6-5-7-16(11-14)27(25,26)23-18-9-4-3-8-17(18)20/h3-9,11,13,15,23H,10,12,21H2,1-2H3,(H,22,24). The Bertz CT molecular complexity index is 901. The number of halogens is 1. The first-order chi connectivity index (χ1) is 12.7. The Hall–Kier alpha value is -2.45. The molecule has 1 atom stereocenters. The Kier molecular flexibility index (Phi) is 6.92. The smallest absolute Gasteiger partial charge is 0.262 e. The minimum atomic E-state index is -4.04. The second kappa shape index (κ2) is 8.96. The first kappa shape index (κ1) is 20.9. The summed E-state index contributed by atoms with van der Waals surface area (Å²) in [4.78, 5) is 12.3. The third-order valence-corrected chi connectivity index (χ3v) is 5.26. The molecule has 1 amide bonds. The van der Waals surface area contributed by atoms with E-state index in [2.05, 4.69) is 10.0 Å². The van der Waals surface area contributed by atoms with Crippen LogP contribution in [-0.2, 0) is 10.0 Å². The maximum Gasteiger partial charge on any atom is 0.262 e. The third kappa shape index (κ3) is 5.77. The van der Waals surface area contributed by atoms with Crippen LogP contribution in [0.5, 0.6) is 0 Å². The second-order valence-corrected chi connectivity index (χ2v) is 8.33. The van der Waals surface area contributed by atoms with E-state index in [1.165, 1.54) is 42.5 Å². The van der Waals surface area contributed by atoms with Gasteiger partial charge in [-0.2, -0.15) is 0 Å². The highest BCUT2D eigenvalue weighted by Gasteiger charge is 2.19. The molecule has 0 bridgehead atoms. The van der Waals surface area contributed by atoms with Gasteiger partial charge in [0.15, 0.2) is 0 Å². The zero-order valence-electron chi connectivity index (χ0n) is 15.3. The van der Waals surface area contributed by atoms with Gasteiger partial charge in [-0.25, -0.2) is 12.8 Å². The largest absolute Gasteiger partial charge is 0.348 e. The number of anilines is 1. The summed E-state index contributed by atoms with van der Waals surface area (Å²) in [6.07, 6.45) is 0.717. The van der Waals surface area contributed by atoms with Crippen molar-refractivity contribution in [2.75, 3.05) is 11.3 Å². The molecule has 2 rings (SSSR count). The summed E-state index contributed by atoms with van der Waals surface area (Å²) in [5.41, 5.74) is 5.72. The topological polar surface area (TPSA) is 101 Å². The van der Waals surface area contributed by atoms with Crippen molar-refractivity contribution in [3.8, 4) is 0 Å². The van der Waals surface area contributed by atoms with Gasteiger partial charge in [-0.1, -0.05) is 32.0 Å². The SMILES string of the molecule is CC(C)CC(CN)NC(=O)c1cccc(S(=O)(=O)Nc2ccccc2F)c1. The van der Waals surface area contributed by atoms with Crippen LogP contribution in [0.4, 0.5) is 10.1 Å². The van der Waals surface area contributed by atoms with Crippen molar-refractivity contribution in [3.63, 3.8) is 0 Å². The average molecular weight is 393 g/mol. The molecule has 2 aromatic rings. The fourth-order valence-corrected chi connectivity index (χ4v) is 3.72. The van der Waals surface area contributed by atoms with Crippen molar-refractivity contribution in [2.45, 2.75) is 31.2 Å². The van der Waals surface area contributed by atoms with Gasteiger partial charge >= 0.3 is 0 Å². The number of para-hydroxylation sites is 1. The molecule has 146 valence electrons. The zero-order valence-corrected chi connectivity index (χ0v) is 16.1. The van der Waals surface area contributed by atoms with Gasteiger partial charge in [0.05, 0.1) is 10.6 Å². The van der Waals surface area contributed by atoms with Crippen LogP contribution in [-0.4, -0.2) is 26.9 Å². The summed E-state index contributed by atoms with van der Waals surface area (Å²) in [6.45, 7) is 4.34. The molecule has 0 radical (unpaired) electrons. The van der Waals surface area contributed by atoms with E-state index >= 15 is 0 Å². The van der Waals surface area contributed by atoms with E-state index < -0.39 is 21.7 Å². The van der Waals surface area contributed by atoms with Crippen molar-refractivity contribution in [1.82, 2.24) is 5.32 Å². The monoisotopic (exact) mass is 393 g/mol.